The first-order valence-corrected chi connectivity index (χ1v) is 7.70. The molecule has 2 N–H and O–H groups in total. The summed E-state index contributed by atoms with van der Waals surface area (Å²) in [5, 5.41) is 5.95. The smallest absolute Gasteiger partial charge is 0.240 e. The number of hydrogen-bond donors (Lipinski definition) is 2. The summed E-state index contributed by atoms with van der Waals surface area (Å²) in [5.41, 5.74) is 0.829. The summed E-state index contributed by atoms with van der Waals surface area (Å²) in [5.74, 6) is 0.246. The highest BCUT2D eigenvalue weighted by molar-refractivity contribution is 8.00. The normalized spacial score (nSPS) is 13.4. The van der Waals surface area contributed by atoms with Gasteiger partial charge in [-0.15, -0.1) is 24.2 Å². The number of halogens is 1. The summed E-state index contributed by atoms with van der Waals surface area (Å²) in [6.45, 7) is 4.30. The van der Waals surface area contributed by atoms with Crippen LogP contribution in [0.5, 0.6) is 0 Å². The van der Waals surface area contributed by atoms with E-state index in [2.05, 4.69) is 10.6 Å². The molecular weight excluding hydrogens is 310 g/mol. The molecule has 0 unspecified atom stereocenters. The number of carbonyl (C=O) groups is 2. The number of benzene rings is 1. The molecule has 1 heterocycles. The van der Waals surface area contributed by atoms with Gasteiger partial charge in [0.15, 0.2) is 0 Å². The number of likely N-dealkylation sites (N-methyl/N-ethyl adjacent to an activating group) is 1. The molecule has 1 aromatic carbocycles. The molecule has 0 fully saturated rings. The quantitative estimate of drug-likeness (QED) is 0.772. The molecule has 2 rings (SSSR count). The number of rotatable bonds is 6. The molecule has 5 nitrogen and oxygen atoms in total. The van der Waals surface area contributed by atoms with Gasteiger partial charge in [0.25, 0.3) is 0 Å². The second-order valence-electron chi connectivity index (χ2n) is 4.44. The van der Waals surface area contributed by atoms with Crippen LogP contribution in [0.2, 0.25) is 0 Å². The van der Waals surface area contributed by atoms with E-state index in [0.717, 1.165) is 23.7 Å². The average molecular weight is 330 g/mol. The highest BCUT2D eigenvalue weighted by Gasteiger charge is 2.25. The third-order valence-electron chi connectivity index (χ3n) is 2.98. The standard InChI is InChI=1S/C14H19N3O2S.ClH/c1-2-15-7-8-16-13(18)9-17-11-5-3-4-6-12(11)20-10-14(17)19;/h3-6,15H,2,7-10H2,1H3,(H,16,18);1H. The Morgan fingerprint density at radius 3 is 2.86 bits per heavy atom. The van der Waals surface area contributed by atoms with Gasteiger partial charge in [0.05, 0.1) is 11.4 Å². The Balaban J connectivity index is 0.00000220. The summed E-state index contributed by atoms with van der Waals surface area (Å²) in [6.07, 6.45) is 0. The Bertz CT molecular complexity index is 499. The minimum absolute atomic E-state index is 0. The van der Waals surface area contributed by atoms with E-state index in [9.17, 15) is 9.59 Å². The molecule has 116 valence electrons. The van der Waals surface area contributed by atoms with Crippen LogP contribution < -0.4 is 15.5 Å². The van der Waals surface area contributed by atoms with Gasteiger partial charge in [-0.1, -0.05) is 19.1 Å². The van der Waals surface area contributed by atoms with Crippen LogP contribution in [0.15, 0.2) is 29.2 Å². The fraction of sp³-hybridized carbons (Fsp3) is 0.429. The number of carbonyl (C=O) groups excluding carboxylic acids is 2. The molecule has 21 heavy (non-hydrogen) atoms. The number of nitrogens with zero attached hydrogens (tertiary/aromatic N) is 1. The first-order chi connectivity index (χ1) is 9.72. The topological polar surface area (TPSA) is 61.4 Å². The van der Waals surface area contributed by atoms with Crippen molar-refractivity contribution in [1.82, 2.24) is 10.6 Å². The van der Waals surface area contributed by atoms with Crippen molar-refractivity contribution in [3.05, 3.63) is 24.3 Å². The zero-order valence-electron chi connectivity index (χ0n) is 11.9. The van der Waals surface area contributed by atoms with Crippen LogP contribution in [0.3, 0.4) is 0 Å². The summed E-state index contributed by atoms with van der Waals surface area (Å²) in [7, 11) is 0. The number of thioether (sulfide) groups is 1. The van der Waals surface area contributed by atoms with Crippen LogP contribution >= 0.6 is 24.2 Å². The molecule has 2 amide bonds. The van der Waals surface area contributed by atoms with Gasteiger partial charge in [0.1, 0.15) is 6.54 Å². The molecule has 7 heteroatoms. The number of nitrogens with one attached hydrogen (secondary N) is 2. The fourth-order valence-electron chi connectivity index (χ4n) is 1.99. The van der Waals surface area contributed by atoms with Gasteiger partial charge < -0.3 is 15.5 Å². The third-order valence-corrected chi connectivity index (χ3v) is 4.03. The Kier molecular flexibility index (Phi) is 7.56. The lowest BCUT2D eigenvalue weighted by Crippen LogP contribution is -2.44. The van der Waals surface area contributed by atoms with E-state index < -0.39 is 0 Å². The highest BCUT2D eigenvalue weighted by Crippen LogP contribution is 2.34. The molecule has 0 bridgehead atoms. The van der Waals surface area contributed by atoms with Crippen molar-refractivity contribution in [3.63, 3.8) is 0 Å². The maximum absolute atomic E-state index is 12.0. The Morgan fingerprint density at radius 1 is 1.33 bits per heavy atom. The highest BCUT2D eigenvalue weighted by atomic mass is 35.5. The van der Waals surface area contributed by atoms with Crippen molar-refractivity contribution in [3.8, 4) is 0 Å². The predicted octanol–water partition coefficient (Wildman–Crippen LogP) is 1.27. The Labute approximate surface area is 135 Å². The van der Waals surface area contributed by atoms with E-state index in [1.165, 1.54) is 11.8 Å². The van der Waals surface area contributed by atoms with Crippen molar-refractivity contribution in [2.45, 2.75) is 11.8 Å². The van der Waals surface area contributed by atoms with Crippen molar-refractivity contribution in [2.75, 3.05) is 36.8 Å². The molecular formula is C14H20ClN3O2S. The second-order valence-corrected chi connectivity index (χ2v) is 5.46. The van der Waals surface area contributed by atoms with Crippen molar-refractivity contribution in [2.24, 2.45) is 0 Å². The summed E-state index contributed by atoms with van der Waals surface area (Å²) >= 11 is 1.52. The van der Waals surface area contributed by atoms with E-state index in [1.807, 2.05) is 31.2 Å². The number of hydrogen-bond acceptors (Lipinski definition) is 4. The van der Waals surface area contributed by atoms with Crippen LogP contribution in [0.1, 0.15) is 6.92 Å². The molecule has 0 aliphatic carbocycles. The average Bonchev–Trinajstić information content (AvgIpc) is 2.47. The maximum Gasteiger partial charge on any atom is 0.240 e. The Morgan fingerprint density at radius 2 is 2.10 bits per heavy atom. The maximum atomic E-state index is 12.0. The van der Waals surface area contributed by atoms with Crippen LogP contribution in [0.4, 0.5) is 5.69 Å². The first-order valence-electron chi connectivity index (χ1n) is 6.72. The molecule has 0 saturated heterocycles. The monoisotopic (exact) mass is 329 g/mol. The molecule has 0 spiro atoms. The minimum atomic E-state index is -0.127. The lowest BCUT2D eigenvalue weighted by atomic mass is 10.2. The van der Waals surface area contributed by atoms with E-state index in [-0.39, 0.29) is 30.8 Å². The van der Waals surface area contributed by atoms with Gasteiger partial charge in [-0.2, -0.15) is 0 Å². The molecule has 0 radical (unpaired) electrons. The summed E-state index contributed by atoms with van der Waals surface area (Å²) in [6, 6.07) is 7.68. The number of anilines is 1. The first kappa shape index (κ1) is 17.8. The number of fused-ring (bicyclic) bond motifs is 1. The van der Waals surface area contributed by atoms with Gasteiger partial charge >= 0.3 is 0 Å². The van der Waals surface area contributed by atoms with Crippen LogP contribution in [-0.4, -0.2) is 43.7 Å². The molecule has 1 aliphatic heterocycles. The molecule has 0 saturated carbocycles. The number of para-hydroxylation sites is 1. The Hall–Kier alpha value is -1.24. The third kappa shape index (κ3) is 4.91. The minimum Gasteiger partial charge on any atom is -0.353 e. The predicted molar refractivity (Wildman–Crippen MR) is 88.3 cm³/mol. The van der Waals surface area contributed by atoms with Crippen molar-refractivity contribution < 1.29 is 9.59 Å². The van der Waals surface area contributed by atoms with Crippen molar-refractivity contribution in [1.29, 1.82) is 0 Å². The van der Waals surface area contributed by atoms with E-state index >= 15 is 0 Å². The number of amides is 2. The second kappa shape index (κ2) is 8.92. The molecule has 1 aromatic rings. The van der Waals surface area contributed by atoms with Gasteiger partial charge in [-0.25, -0.2) is 0 Å². The van der Waals surface area contributed by atoms with Gasteiger partial charge in [0, 0.05) is 18.0 Å². The molecule has 1 aliphatic rings. The van der Waals surface area contributed by atoms with Crippen LogP contribution in [0, 0.1) is 0 Å². The van der Waals surface area contributed by atoms with Crippen LogP contribution in [0.25, 0.3) is 0 Å². The van der Waals surface area contributed by atoms with E-state index in [1.54, 1.807) is 4.90 Å². The lowest BCUT2D eigenvalue weighted by molar-refractivity contribution is -0.122. The lowest BCUT2D eigenvalue weighted by Gasteiger charge is -2.28. The molecule has 0 atom stereocenters. The molecule has 0 aromatic heterocycles. The zero-order valence-corrected chi connectivity index (χ0v) is 13.6. The van der Waals surface area contributed by atoms with Gasteiger partial charge in [0.2, 0.25) is 11.8 Å². The zero-order chi connectivity index (χ0) is 14.4. The van der Waals surface area contributed by atoms with Crippen LogP contribution in [-0.2, 0) is 9.59 Å². The van der Waals surface area contributed by atoms with Gasteiger partial charge in [-0.3, -0.25) is 9.59 Å². The van der Waals surface area contributed by atoms with Crippen molar-refractivity contribution >= 4 is 41.7 Å². The fourth-order valence-corrected chi connectivity index (χ4v) is 2.93. The summed E-state index contributed by atoms with van der Waals surface area (Å²) in [4.78, 5) is 26.5. The van der Waals surface area contributed by atoms with E-state index in [4.69, 9.17) is 0 Å². The SMILES string of the molecule is CCNCCNC(=O)CN1C(=O)CSc2ccccc21.Cl. The van der Waals surface area contributed by atoms with Gasteiger partial charge in [-0.05, 0) is 18.7 Å². The largest absolute Gasteiger partial charge is 0.353 e. The van der Waals surface area contributed by atoms with E-state index in [0.29, 0.717) is 12.3 Å². The summed E-state index contributed by atoms with van der Waals surface area (Å²) < 4.78 is 0.